The third-order valence-electron chi connectivity index (χ3n) is 4.54. The van der Waals surface area contributed by atoms with Crippen molar-refractivity contribution < 1.29 is 24.4 Å². The van der Waals surface area contributed by atoms with E-state index in [1.54, 1.807) is 18.2 Å². The van der Waals surface area contributed by atoms with E-state index in [1.165, 1.54) is 50.4 Å². The number of ketones is 1. The Balaban J connectivity index is 2.02. The van der Waals surface area contributed by atoms with Gasteiger partial charge in [0.05, 0.1) is 29.7 Å². The molecule has 8 heteroatoms. The van der Waals surface area contributed by atoms with E-state index in [0.717, 1.165) is 0 Å². The molecule has 0 aliphatic heterocycles. The third kappa shape index (κ3) is 4.33. The van der Waals surface area contributed by atoms with Crippen molar-refractivity contribution in [2.75, 3.05) is 7.11 Å². The number of pyridine rings is 1. The van der Waals surface area contributed by atoms with Crippen molar-refractivity contribution >= 4 is 40.5 Å². The molecule has 8 nitrogen and oxygen atoms in total. The number of benzene rings is 2. The highest BCUT2D eigenvalue weighted by atomic mass is 16.6. The van der Waals surface area contributed by atoms with Gasteiger partial charge in [0.15, 0.2) is 5.78 Å². The molecule has 0 aliphatic rings. The Morgan fingerprint density at radius 3 is 2.60 bits per heavy atom. The SMILES string of the molecule is COC(=O)Cc1ccc([N+](=O)[O-])c(/C=C/c2ccc3c(C(C)=O)ccc(O)c3n2)c1. The number of aromatic hydroxyl groups is 1. The molecule has 0 bridgehead atoms. The quantitative estimate of drug-likeness (QED) is 0.285. The highest BCUT2D eigenvalue weighted by molar-refractivity contribution is 6.07. The average molecular weight is 406 g/mol. The van der Waals surface area contributed by atoms with Gasteiger partial charge in [0.25, 0.3) is 5.69 Å². The molecule has 0 spiro atoms. The molecule has 0 saturated heterocycles. The van der Waals surface area contributed by atoms with E-state index >= 15 is 0 Å². The standard InChI is InChI=1S/C22H18N2O6/c1-13(25)17-8-10-20(26)22-18(17)7-6-16(23-22)5-4-15-11-14(12-21(27)30-2)3-9-19(15)24(28)29/h3-11,26H,12H2,1-2H3/b5-4+. The molecule has 1 aromatic heterocycles. The van der Waals surface area contributed by atoms with Gasteiger partial charge in [-0.15, -0.1) is 0 Å². The lowest BCUT2D eigenvalue weighted by Crippen LogP contribution is -2.05. The lowest BCUT2D eigenvalue weighted by atomic mass is 10.0. The number of rotatable bonds is 6. The molecule has 0 fully saturated rings. The fraction of sp³-hybridized carbons (Fsp3) is 0.136. The first-order valence-electron chi connectivity index (χ1n) is 8.96. The Kier molecular flexibility index (Phi) is 5.87. The van der Waals surface area contributed by atoms with Gasteiger partial charge in [-0.2, -0.15) is 0 Å². The number of nitro benzene ring substituents is 1. The monoisotopic (exact) mass is 406 g/mol. The van der Waals surface area contributed by atoms with Crippen LogP contribution in [0.25, 0.3) is 23.1 Å². The topological polar surface area (TPSA) is 120 Å². The number of phenols is 1. The summed E-state index contributed by atoms with van der Waals surface area (Å²) in [5.41, 5.74) is 1.89. The molecule has 2 aromatic carbocycles. The van der Waals surface area contributed by atoms with Crippen molar-refractivity contribution in [1.29, 1.82) is 0 Å². The van der Waals surface area contributed by atoms with Gasteiger partial charge >= 0.3 is 5.97 Å². The molecule has 0 unspecified atom stereocenters. The summed E-state index contributed by atoms with van der Waals surface area (Å²) in [7, 11) is 1.27. The lowest BCUT2D eigenvalue weighted by molar-refractivity contribution is -0.385. The number of hydrogen-bond donors (Lipinski definition) is 1. The van der Waals surface area contributed by atoms with E-state index in [9.17, 15) is 24.8 Å². The van der Waals surface area contributed by atoms with E-state index in [0.29, 0.717) is 27.8 Å². The Morgan fingerprint density at radius 1 is 1.17 bits per heavy atom. The van der Waals surface area contributed by atoms with Gasteiger partial charge in [-0.25, -0.2) is 4.98 Å². The van der Waals surface area contributed by atoms with E-state index in [2.05, 4.69) is 9.72 Å². The van der Waals surface area contributed by atoms with E-state index in [-0.39, 0.29) is 29.2 Å². The summed E-state index contributed by atoms with van der Waals surface area (Å²) in [6.45, 7) is 1.43. The first kappa shape index (κ1) is 20.7. The van der Waals surface area contributed by atoms with Gasteiger partial charge in [-0.1, -0.05) is 6.07 Å². The van der Waals surface area contributed by atoms with Crippen molar-refractivity contribution in [1.82, 2.24) is 4.98 Å². The van der Waals surface area contributed by atoms with Crippen LogP contribution >= 0.6 is 0 Å². The largest absolute Gasteiger partial charge is 0.506 e. The van der Waals surface area contributed by atoms with Crippen LogP contribution < -0.4 is 0 Å². The molecule has 3 aromatic rings. The highest BCUT2D eigenvalue weighted by Crippen LogP contribution is 2.28. The number of nitrogens with zero attached hydrogens (tertiary/aromatic N) is 2. The number of carbonyl (C=O) groups is 2. The number of carbonyl (C=O) groups excluding carboxylic acids is 2. The number of methoxy groups -OCH3 is 1. The molecule has 30 heavy (non-hydrogen) atoms. The fourth-order valence-corrected chi connectivity index (χ4v) is 3.05. The van der Waals surface area contributed by atoms with Crippen molar-refractivity contribution in [3.8, 4) is 5.75 Å². The van der Waals surface area contributed by atoms with Crippen molar-refractivity contribution in [2.24, 2.45) is 0 Å². The van der Waals surface area contributed by atoms with Crippen LogP contribution in [-0.4, -0.2) is 33.9 Å². The fourth-order valence-electron chi connectivity index (χ4n) is 3.05. The van der Waals surface area contributed by atoms with Gasteiger partial charge < -0.3 is 9.84 Å². The van der Waals surface area contributed by atoms with Crippen molar-refractivity contribution in [3.63, 3.8) is 0 Å². The minimum absolute atomic E-state index is 0.00868. The molecule has 0 radical (unpaired) electrons. The summed E-state index contributed by atoms with van der Waals surface area (Å²) < 4.78 is 4.63. The summed E-state index contributed by atoms with van der Waals surface area (Å²) in [5, 5.41) is 22.0. The first-order chi connectivity index (χ1) is 14.3. The number of nitro groups is 1. The number of ether oxygens (including phenoxy) is 1. The Labute approximate surface area is 171 Å². The van der Waals surface area contributed by atoms with Crippen LogP contribution in [0, 0.1) is 10.1 Å². The molecule has 0 amide bonds. The molecule has 0 atom stereocenters. The lowest BCUT2D eigenvalue weighted by Gasteiger charge is -2.06. The maximum atomic E-state index is 11.8. The molecule has 1 N–H and O–H groups in total. The summed E-state index contributed by atoms with van der Waals surface area (Å²) >= 11 is 0. The number of fused-ring (bicyclic) bond motifs is 1. The number of Topliss-reactive ketones (excluding diaryl/α,β-unsaturated/α-hetero) is 1. The zero-order chi connectivity index (χ0) is 21.8. The highest BCUT2D eigenvalue weighted by Gasteiger charge is 2.14. The summed E-state index contributed by atoms with van der Waals surface area (Å²) in [4.78, 5) is 38.5. The Morgan fingerprint density at radius 2 is 1.93 bits per heavy atom. The molecular formula is C22H18N2O6. The maximum Gasteiger partial charge on any atom is 0.309 e. The summed E-state index contributed by atoms with van der Waals surface area (Å²) in [5.74, 6) is -0.675. The minimum atomic E-state index is -0.514. The van der Waals surface area contributed by atoms with Gasteiger partial charge in [0.2, 0.25) is 0 Å². The summed E-state index contributed by atoms with van der Waals surface area (Å²) in [6.07, 6.45) is 3.06. The second-order valence-corrected chi connectivity index (χ2v) is 6.56. The number of phenolic OH excluding ortho intramolecular Hbond substituents is 1. The van der Waals surface area contributed by atoms with E-state index in [4.69, 9.17) is 0 Å². The predicted molar refractivity (Wildman–Crippen MR) is 111 cm³/mol. The van der Waals surface area contributed by atoms with Crippen molar-refractivity contribution in [3.05, 3.63) is 75.0 Å². The zero-order valence-electron chi connectivity index (χ0n) is 16.3. The zero-order valence-corrected chi connectivity index (χ0v) is 16.3. The second-order valence-electron chi connectivity index (χ2n) is 6.56. The van der Waals surface area contributed by atoms with Crippen LogP contribution in [0.5, 0.6) is 5.75 Å². The summed E-state index contributed by atoms with van der Waals surface area (Å²) in [6, 6.07) is 10.6. The Bertz CT molecular complexity index is 1200. The number of aromatic nitrogens is 1. The van der Waals surface area contributed by atoms with Gasteiger partial charge in [0, 0.05) is 17.0 Å². The molecule has 0 saturated carbocycles. The molecule has 3 rings (SSSR count). The van der Waals surface area contributed by atoms with Crippen LogP contribution in [-0.2, 0) is 16.0 Å². The number of hydrogen-bond acceptors (Lipinski definition) is 7. The maximum absolute atomic E-state index is 11.8. The smallest absolute Gasteiger partial charge is 0.309 e. The van der Waals surface area contributed by atoms with Crippen LogP contribution in [0.4, 0.5) is 5.69 Å². The predicted octanol–water partition coefficient (Wildman–Crippen LogP) is 3.94. The van der Waals surface area contributed by atoms with Crippen LogP contribution in [0.1, 0.15) is 34.1 Å². The van der Waals surface area contributed by atoms with E-state index in [1.807, 2.05) is 0 Å². The first-order valence-corrected chi connectivity index (χ1v) is 8.96. The van der Waals surface area contributed by atoms with Gasteiger partial charge in [-0.05, 0) is 55.0 Å². The molecular weight excluding hydrogens is 388 g/mol. The van der Waals surface area contributed by atoms with Gasteiger partial charge in [0.1, 0.15) is 11.3 Å². The normalized spacial score (nSPS) is 11.0. The van der Waals surface area contributed by atoms with Crippen molar-refractivity contribution in [2.45, 2.75) is 13.3 Å². The molecule has 1 heterocycles. The van der Waals surface area contributed by atoms with Gasteiger partial charge in [-0.3, -0.25) is 19.7 Å². The third-order valence-corrected chi connectivity index (χ3v) is 4.54. The van der Waals surface area contributed by atoms with Crippen LogP contribution in [0.15, 0.2) is 42.5 Å². The average Bonchev–Trinajstić information content (AvgIpc) is 2.72. The van der Waals surface area contributed by atoms with Crippen LogP contribution in [0.3, 0.4) is 0 Å². The second kappa shape index (κ2) is 8.52. The van der Waals surface area contributed by atoms with E-state index < -0.39 is 10.9 Å². The van der Waals surface area contributed by atoms with Crippen LogP contribution in [0.2, 0.25) is 0 Å². The molecule has 0 aliphatic carbocycles. The Hall–Kier alpha value is -4.07. The molecule has 152 valence electrons. The number of esters is 1. The minimum Gasteiger partial charge on any atom is -0.506 e.